The summed E-state index contributed by atoms with van der Waals surface area (Å²) in [6, 6.07) is 5.45. The van der Waals surface area contributed by atoms with Gasteiger partial charge in [-0.15, -0.1) is 10.2 Å². The molecule has 1 N–H and O–H groups in total. The van der Waals surface area contributed by atoms with Crippen molar-refractivity contribution in [2.75, 3.05) is 5.32 Å². The van der Waals surface area contributed by atoms with E-state index in [0.29, 0.717) is 17.0 Å². The minimum Gasteiger partial charge on any atom is -0.319 e. The smallest absolute Gasteiger partial charge is 0.256 e. The normalized spacial score (nSPS) is 10.8. The number of aromatic nitrogens is 4. The average Bonchev–Trinajstić information content (AvgIpc) is 2.83. The van der Waals surface area contributed by atoms with Crippen LogP contribution >= 0.6 is 27.5 Å². The Morgan fingerprint density at radius 2 is 2.19 bits per heavy atom. The molecule has 1 amide bonds. The summed E-state index contributed by atoms with van der Waals surface area (Å²) in [6.45, 7) is 1.87. The van der Waals surface area contributed by atoms with E-state index < -0.39 is 0 Å². The first-order chi connectivity index (χ1) is 10.1. The zero-order valence-corrected chi connectivity index (χ0v) is 13.2. The van der Waals surface area contributed by atoms with Crippen LogP contribution in [-0.2, 0) is 0 Å². The second-order valence-electron chi connectivity index (χ2n) is 4.35. The van der Waals surface area contributed by atoms with Crippen LogP contribution in [0.4, 0.5) is 5.69 Å². The predicted molar refractivity (Wildman–Crippen MR) is 82.6 cm³/mol. The number of hydrogen-bond acceptors (Lipinski definition) is 4. The zero-order valence-electron chi connectivity index (χ0n) is 10.8. The van der Waals surface area contributed by atoms with Gasteiger partial charge in [0.15, 0.2) is 0 Å². The van der Waals surface area contributed by atoms with E-state index in [2.05, 4.69) is 36.4 Å². The van der Waals surface area contributed by atoms with E-state index in [4.69, 9.17) is 11.6 Å². The summed E-state index contributed by atoms with van der Waals surface area (Å²) < 4.78 is 2.37. The third-order valence-corrected chi connectivity index (χ3v) is 4.11. The number of carbonyl (C=O) groups excluding carboxylic acids is 1. The number of benzene rings is 1. The van der Waals surface area contributed by atoms with Crippen LogP contribution < -0.4 is 5.32 Å². The van der Waals surface area contributed by atoms with Crippen molar-refractivity contribution >= 4 is 44.9 Å². The topological polar surface area (TPSA) is 72.2 Å². The maximum absolute atomic E-state index is 12.3. The first kappa shape index (κ1) is 14.0. The molecule has 0 fully saturated rings. The van der Waals surface area contributed by atoms with Gasteiger partial charge in [-0.1, -0.05) is 22.0 Å². The summed E-state index contributed by atoms with van der Waals surface area (Å²) in [5.74, 6) is 0.149. The minimum absolute atomic E-state index is 0.187. The van der Waals surface area contributed by atoms with E-state index in [1.807, 2.05) is 19.1 Å². The third kappa shape index (κ3) is 2.62. The third-order valence-electron chi connectivity index (χ3n) is 2.99. The Labute approximate surface area is 133 Å². The van der Waals surface area contributed by atoms with Crippen LogP contribution in [0.25, 0.3) is 5.78 Å². The van der Waals surface area contributed by atoms with Crippen LogP contribution in [0.2, 0.25) is 5.28 Å². The Hall–Kier alpha value is -1.99. The highest BCUT2D eigenvalue weighted by atomic mass is 79.9. The van der Waals surface area contributed by atoms with Crippen molar-refractivity contribution < 1.29 is 4.79 Å². The monoisotopic (exact) mass is 365 g/mol. The van der Waals surface area contributed by atoms with Crippen molar-refractivity contribution in [3.05, 3.63) is 51.5 Å². The van der Waals surface area contributed by atoms with Crippen molar-refractivity contribution in [1.29, 1.82) is 0 Å². The molecule has 0 aliphatic heterocycles. The molecule has 3 rings (SSSR count). The van der Waals surface area contributed by atoms with Crippen LogP contribution in [0.5, 0.6) is 0 Å². The molecule has 0 unspecified atom stereocenters. The van der Waals surface area contributed by atoms with Gasteiger partial charge in [0.1, 0.15) is 0 Å². The van der Waals surface area contributed by atoms with E-state index in [1.165, 1.54) is 10.6 Å². The van der Waals surface area contributed by atoms with Gasteiger partial charge in [-0.05, 0) is 36.2 Å². The first-order valence-electron chi connectivity index (χ1n) is 5.99. The maximum Gasteiger partial charge on any atom is 0.256 e. The number of halogens is 2. The summed E-state index contributed by atoms with van der Waals surface area (Å²) in [5, 5.41) is 10.4. The van der Waals surface area contributed by atoms with Crippen molar-refractivity contribution in [3.63, 3.8) is 0 Å². The molecule has 0 saturated carbocycles. The molecule has 0 aliphatic rings. The second-order valence-corrected chi connectivity index (χ2v) is 5.54. The highest BCUT2D eigenvalue weighted by molar-refractivity contribution is 9.10. The molecule has 0 aliphatic carbocycles. The van der Waals surface area contributed by atoms with Crippen LogP contribution in [0.3, 0.4) is 0 Å². The largest absolute Gasteiger partial charge is 0.319 e. The molecule has 1 aromatic carbocycles. The fourth-order valence-electron chi connectivity index (χ4n) is 1.88. The van der Waals surface area contributed by atoms with Gasteiger partial charge >= 0.3 is 0 Å². The lowest BCUT2D eigenvalue weighted by Crippen LogP contribution is -2.14. The molecular weight excluding hydrogens is 358 g/mol. The summed E-state index contributed by atoms with van der Waals surface area (Å²) in [4.78, 5) is 16.4. The van der Waals surface area contributed by atoms with Crippen LogP contribution in [0, 0.1) is 6.92 Å². The van der Waals surface area contributed by atoms with E-state index >= 15 is 0 Å². The fraction of sp³-hybridized carbons (Fsp3) is 0.0769. The molecule has 2 heterocycles. The lowest BCUT2D eigenvalue weighted by atomic mass is 10.1. The maximum atomic E-state index is 12.3. The standard InChI is InChI=1S/C13H9BrClN5O/c1-7-9(3-2-4-10(7)14)11(21)17-8-5-16-13-19-18-12(15)20(13)6-8/h2-6H,1H3,(H,17,21). The molecule has 0 spiro atoms. The Morgan fingerprint density at radius 1 is 1.38 bits per heavy atom. The van der Waals surface area contributed by atoms with Gasteiger partial charge < -0.3 is 5.32 Å². The number of hydrogen-bond donors (Lipinski definition) is 1. The van der Waals surface area contributed by atoms with E-state index in [0.717, 1.165) is 10.0 Å². The predicted octanol–water partition coefficient (Wildman–Crippen LogP) is 3.10. The van der Waals surface area contributed by atoms with Gasteiger partial charge in [0, 0.05) is 16.2 Å². The number of amides is 1. The Bertz CT molecular complexity index is 848. The molecule has 8 heteroatoms. The molecule has 3 aromatic rings. The van der Waals surface area contributed by atoms with Crippen molar-refractivity contribution in [2.24, 2.45) is 0 Å². The van der Waals surface area contributed by atoms with Crippen LogP contribution in [0.1, 0.15) is 15.9 Å². The van der Waals surface area contributed by atoms with Gasteiger partial charge in [-0.25, -0.2) is 4.98 Å². The molecule has 0 radical (unpaired) electrons. The molecule has 0 bridgehead atoms. The molecule has 6 nitrogen and oxygen atoms in total. The molecule has 21 heavy (non-hydrogen) atoms. The Kier molecular flexibility index (Phi) is 3.60. The van der Waals surface area contributed by atoms with E-state index in [9.17, 15) is 4.79 Å². The SMILES string of the molecule is Cc1c(Br)cccc1C(=O)Nc1cnc2nnc(Cl)n2c1. The fourth-order valence-corrected chi connectivity index (χ4v) is 2.41. The number of anilines is 1. The summed E-state index contributed by atoms with van der Waals surface area (Å²) >= 11 is 9.28. The molecule has 0 atom stereocenters. The van der Waals surface area contributed by atoms with Gasteiger partial charge in [0.2, 0.25) is 5.28 Å². The number of nitrogens with zero attached hydrogens (tertiary/aromatic N) is 4. The summed E-state index contributed by atoms with van der Waals surface area (Å²) in [5.41, 5.74) is 1.96. The highest BCUT2D eigenvalue weighted by Gasteiger charge is 2.12. The first-order valence-corrected chi connectivity index (χ1v) is 7.16. The van der Waals surface area contributed by atoms with E-state index in [1.54, 1.807) is 12.3 Å². The van der Waals surface area contributed by atoms with Crippen molar-refractivity contribution in [2.45, 2.75) is 6.92 Å². The van der Waals surface area contributed by atoms with Crippen LogP contribution in [0.15, 0.2) is 35.1 Å². The van der Waals surface area contributed by atoms with Gasteiger partial charge in [-0.2, -0.15) is 0 Å². The van der Waals surface area contributed by atoms with Crippen molar-refractivity contribution in [3.8, 4) is 0 Å². The number of rotatable bonds is 2. The lowest BCUT2D eigenvalue weighted by molar-refractivity contribution is 0.102. The van der Waals surface area contributed by atoms with Gasteiger partial charge in [-0.3, -0.25) is 9.20 Å². The van der Waals surface area contributed by atoms with Crippen LogP contribution in [-0.4, -0.2) is 25.5 Å². The van der Waals surface area contributed by atoms with E-state index in [-0.39, 0.29) is 11.2 Å². The minimum atomic E-state index is -0.223. The van der Waals surface area contributed by atoms with Gasteiger partial charge in [0.05, 0.1) is 11.9 Å². The summed E-state index contributed by atoms with van der Waals surface area (Å²) in [6.07, 6.45) is 3.13. The molecule has 106 valence electrons. The zero-order chi connectivity index (χ0) is 15.0. The van der Waals surface area contributed by atoms with Crippen molar-refractivity contribution in [1.82, 2.24) is 19.6 Å². The second kappa shape index (κ2) is 5.42. The number of carbonyl (C=O) groups is 1. The number of nitrogens with one attached hydrogen (secondary N) is 1. The Balaban J connectivity index is 1.92. The lowest BCUT2D eigenvalue weighted by Gasteiger charge is -2.08. The summed E-state index contributed by atoms with van der Waals surface area (Å²) in [7, 11) is 0. The van der Waals surface area contributed by atoms with Gasteiger partial charge in [0.25, 0.3) is 11.7 Å². The molecular formula is C13H9BrClN5O. The number of fused-ring (bicyclic) bond motifs is 1. The molecule has 0 saturated heterocycles. The average molecular weight is 367 g/mol. The quantitative estimate of drug-likeness (QED) is 0.756. The Morgan fingerprint density at radius 3 is 3.00 bits per heavy atom. The highest BCUT2D eigenvalue weighted by Crippen LogP contribution is 2.20. The molecule has 2 aromatic heterocycles.